The number of rotatable bonds is 1. The van der Waals surface area contributed by atoms with Gasteiger partial charge in [0.15, 0.2) is 0 Å². The van der Waals surface area contributed by atoms with Gasteiger partial charge >= 0.3 is 0 Å². The Morgan fingerprint density at radius 2 is 2.00 bits per heavy atom. The average Bonchev–Trinajstić information content (AvgIpc) is 2.24. The standard InChI is InChI=1S/C9H16BrN3/c1-9(2,3)8-7(10)6(5-11)12-13(8)4/h5,11H2,1-4H3. The van der Waals surface area contributed by atoms with Crippen molar-refractivity contribution in [1.82, 2.24) is 9.78 Å². The van der Waals surface area contributed by atoms with Crippen LogP contribution in [0.3, 0.4) is 0 Å². The molecule has 13 heavy (non-hydrogen) atoms. The van der Waals surface area contributed by atoms with Gasteiger partial charge in [-0.05, 0) is 15.9 Å². The van der Waals surface area contributed by atoms with E-state index in [1.807, 2.05) is 11.7 Å². The van der Waals surface area contributed by atoms with Crippen LogP contribution in [0.2, 0.25) is 0 Å². The summed E-state index contributed by atoms with van der Waals surface area (Å²) in [5.74, 6) is 0. The van der Waals surface area contributed by atoms with Gasteiger partial charge in [0, 0.05) is 19.0 Å². The summed E-state index contributed by atoms with van der Waals surface area (Å²) in [4.78, 5) is 0. The van der Waals surface area contributed by atoms with Crippen LogP contribution in [-0.4, -0.2) is 9.78 Å². The van der Waals surface area contributed by atoms with E-state index in [1.54, 1.807) is 0 Å². The van der Waals surface area contributed by atoms with Gasteiger partial charge in [0.1, 0.15) is 0 Å². The Morgan fingerprint density at radius 1 is 1.46 bits per heavy atom. The van der Waals surface area contributed by atoms with E-state index in [0.29, 0.717) is 6.54 Å². The Bertz CT molecular complexity index is 309. The Balaban J connectivity index is 3.29. The monoisotopic (exact) mass is 245 g/mol. The van der Waals surface area contributed by atoms with E-state index in [4.69, 9.17) is 5.73 Å². The van der Waals surface area contributed by atoms with Gasteiger partial charge in [-0.3, -0.25) is 4.68 Å². The van der Waals surface area contributed by atoms with Crippen molar-refractivity contribution < 1.29 is 0 Å². The molecule has 1 aromatic rings. The van der Waals surface area contributed by atoms with Crippen molar-refractivity contribution in [2.45, 2.75) is 32.7 Å². The van der Waals surface area contributed by atoms with E-state index in [1.165, 1.54) is 5.69 Å². The Labute approximate surface area is 87.4 Å². The zero-order valence-corrected chi connectivity index (χ0v) is 10.1. The van der Waals surface area contributed by atoms with Crippen LogP contribution in [-0.2, 0) is 19.0 Å². The van der Waals surface area contributed by atoms with Gasteiger partial charge in [0.25, 0.3) is 0 Å². The van der Waals surface area contributed by atoms with Gasteiger partial charge < -0.3 is 5.73 Å². The van der Waals surface area contributed by atoms with Crippen LogP contribution in [0.15, 0.2) is 4.47 Å². The average molecular weight is 246 g/mol. The van der Waals surface area contributed by atoms with E-state index in [-0.39, 0.29) is 5.41 Å². The lowest BCUT2D eigenvalue weighted by Gasteiger charge is -2.19. The van der Waals surface area contributed by atoms with E-state index in [2.05, 4.69) is 41.8 Å². The molecular formula is C9H16BrN3. The molecule has 0 radical (unpaired) electrons. The van der Waals surface area contributed by atoms with Crippen LogP contribution in [0.1, 0.15) is 32.2 Å². The zero-order chi connectivity index (χ0) is 10.2. The first-order chi connectivity index (χ1) is 5.88. The fourth-order valence-electron chi connectivity index (χ4n) is 1.50. The SMILES string of the molecule is Cn1nc(CN)c(Br)c1C(C)(C)C. The molecule has 0 amide bonds. The molecule has 2 N–H and O–H groups in total. The molecule has 0 spiro atoms. The van der Waals surface area contributed by atoms with Crippen LogP contribution >= 0.6 is 15.9 Å². The zero-order valence-electron chi connectivity index (χ0n) is 8.56. The molecule has 0 aliphatic carbocycles. The van der Waals surface area contributed by atoms with Crippen LogP contribution in [0.5, 0.6) is 0 Å². The van der Waals surface area contributed by atoms with Crippen molar-refractivity contribution in [2.24, 2.45) is 12.8 Å². The normalized spacial score (nSPS) is 12.2. The summed E-state index contributed by atoms with van der Waals surface area (Å²) in [6.07, 6.45) is 0. The highest BCUT2D eigenvalue weighted by molar-refractivity contribution is 9.10. The first-order valence-electron chi connectivity index (χ1n) is 4.30. The van der Waals surface area contributed by atoms with E-state index >= 15 is 0 Å². The molecule has 1 aromatic heterocycles. The maximum Gasteiger partial charge on any atom is 0.0905 e. The minimum absolute atomic E-state index is 0.0913. The molecule has 0 aliphatic heterocycles. The molecule has 1 heterocycles. The van der Waals surface area contributed by atoms with Crippen LogP contribution in [0.4, 0.5) is 0 Å². The molecule has 0 aliphatic rings. The predicted octanol–water partition coefficient (Wildman–Crippen LogP) is 1.94. The van der Waals surface area contributed by atoms with E-state index in [0.717, 1.165) is 10.2 Å². The molecule has 0 bridgehead atoms. The van der Waals surface area contributed by atoms with Gasteiger partial charge in [-0.25, -0.2) is 0 Å². The van der Waals surface area contributed by atoms with Gasteiger partial charge in [-0.2, -0.15) is 5.10 Å². The van der Waals surface area contributed by atoms with E-state index < -0.39 is 0 Å². The summed E-state index contributed by atoms with van der Waals surface area (Å²) in [7, 11) is 1.95. The van der Waals surface area contributed by atoms with Crippen molar-refractivity contribution >= 4 is 15.9 Å². The van der Waals surface area contributed by atoms with E-state index in [9.17, 15) is 0 Å². The molecule has 0 saturated carbocycles. The highest BCUT2D eigenvalue weighted by Crippen LogP contribution is 2.31. The first kappa shape index (κ1) is 10.7. The lowest BCUT2D eigenvalue weighted by atomic mass is 9.92. The first-order valence-corrected chi connectivity index (χ1v) is 5.09. The van der Waals surface area contributed by atoms with Crippen molar-refractivity contribution in [2.75, 3.05) is 0 Å². The number of aromatic nitrogens is 2. The Morgan fingerprint density at radius 3 is 2.23 bits per heavy atom. The van der Waals surface area contributed by atoms with Crippen LogP contribution in [0, 0.1) is 0 Å². The number of hydrogen-bond donors (Lipinski definition) is 1. The van der Waals surface area contributed by atoms with Crippen molar-refractivity contribution in [3.63, 3.8) is 0 Å². The highest BCUT2D eigenvalue weighted by atomic mass is 79.9. The maximum absolute atomic E-state index is 5.57. The molecule has 1 rings (SSSR count). The summed E-state index contributed by atoms with van der Waals surface area (Å²) in [5.41, 5.74) is 7.77. The van der Waals surface area contributed by atoms with Crippen LogP contribution < -0.4 is 5.73 Å². The maximum atomic E-state index is 5.57. The summed E-state index contributed by atoms with van der Waals surface area (Å²) in [6, 6.07) is 0. The van der Waals surface area contributed by atoms with Crippen molar-refractivity contribution in [3.05, 3.63) is 15.9 Å². The Hall–Kier alpha value is -0.350. The number of aryl methyl sites for hydroxylation is 1. The summed E-state index contributed by atoms with van der Waals surface area (Å²) < 4.78 is 2.94. The number of halogens is 1. The van der Waals surface area contributed by atoms with Crippen LogP contribution in [0.25, 0.3) is 0 Å². The van der Waals surface area contributed by atoms with Gasteiger partial charge in [0.05, 0.1) is 15.9 Å². The molecule has 0 saturated heterocycles. The molecule has 3 nitrogen and oxygen atoms in total. The van der Waals surface area contributed by atoms with Crippen molar-refractivity contribution in [1.29, 1.82) is 0 Å². The predicted molar refractivity (Wildman–Crippen MR) is 57.5 cm³/mol. The number of nitrogens with zero attached hydrogens (tertiary/aromatic N) is 2. The van der Waals surface area contributed by atoms with Gasteiger partial charge in [0.2, 0.25) is 0 Å². The third-order valence-electron chi connectivity index (χ3n) is 1.96. The Kier molecular flexibility index (Phi) is 2.82. The lowest BCUT2D eigenvalue weighted by molar-refractivity contribution is 0.520. The number of hydrogen-bond acceptors (Lipinski definition) is 2. The smallest absolute Gasteiger partial charge is 0.0905 e. The van der Waals surface area contributed by atoms with Gasteiger partial charge in [-0.1, -0.05) is 20.8 Å². The third-order valence-corrected chi connectivity index (χ3v) is 2.79. The second kappa shape index (κ2) is 3.42. The third kappa shape index (κ3) is 1.94. The largest absolute Gasteiger partial charge is 0.325 e. The minimum atomic E-state index is 0.0913. The second-order valence-corrected chi connectivity index (χ2v) is 4.98. The topological polar surface area (TPSA) is 43.8 Å². The van der Waals surface area contributed by atoms with Gasteiger partial charge in [-0.15, -0.1) is 0 Å². The lowest BCUT2D eigenvalue weighted by Crippen LogP contribution is -2.16. The molecule has 74 valence electrons. The fourth-order valence-corrected chi connectivity index (χ4v) is 2.59. The molecule has 0 aromatic carbocycles. The van der Waals surface area contributed by atoms with Crippen molar-refractivity contribution in [3.8, 4) is 0 Å². The minimum Gasteiger partial charge on any atom is -0.325 e. The second-order valence-electron chi connectivity index (χ2n) is 4.19. The summed E-state index contributed by atoms with van der Waals surface area (Å²) >= 11 is 3.53. The molecular weight excluding hydrogens is 230 g/mol. The molecule has 4 heteroatoms. The fraction of sp³-hybridized carbons (Fsp3) is 0.667. The highest BCUT2D eigenvalue weighted by Gasteiger charge is 2.23. The summed E-state index contributed by atoms with van der Waals surface area (Å²) in [6.45, 7) is 6.96. The molecule has 0 fully saturated rings. The molecule has 0 unspecified atom stereocenters. The number of nitrogens with two attached hydrogens (primary N) is 1. The summed E-state index contributed by atoms with van der Waals surface area (Å²) in [5, 5.41) is 4.34. The quantitative estimate of drug-likeness (QED) is 0.822. The molecule has 0 atom stereocenters.